The average Bonchev–Trinajstić information content (AvgIpc) is 2.45. The molecule has 0 saturated carbocycles. The van der Waals surface area contributed by atoms with Crippen molar-refractivity contribution in [1.29, 1.82) is 0 Å². The van der Waals surface area contributed by atoms with E-state index in [1.165, 1.54) is 4.90 Å². The maximum atomic E-state index is 12.7. The van der Waals surface area contributed by atoms with Crippen molar-refractivity contribution >= 4 is 28.5 Å². The van der Waals surface area contributed by atoms with Crippen LogP contribution in [0, 0.1) is 3.57 Å². The van der Waals surface area contributed by atoms with Gasteiger partial charge in [-0.25, -0.2) is 0 Å². The highest BCUT2D eigenvalue weighted by Crippen LogP contribution is 2.25. The molecule has 24 heavy (non-hydrogen) atoms. The molecule has 1 saturated heterocycles. The second kappa shape index (κ2) is 7.90. The number of carbonyl (C=O) groups is 1. The highest BCUT2D eigenvalue weighted by molar-refractivity contribution is 14.1. The van der Waals surface area contributed by atoms with Crippen molar-refractivity contribution in [3.8, 4) is 5.75 Å². The fraction of sp³-hybridized carbons (Fsp3) is 0.562. The van der Waals surface area contributed by atoms with Crippen LogP contribution in [-0.2, 0) is 0 Å². The molecule has 1 aliphatic rings. The zero-order valence-electron chi connectivity index (χ0n) is 13.6. The van der Waals surface area contributed by atoms with Gasteiger partial charge in [-0.3, -0.25) is 9.69 Å². The van der Waals surface area contributed by atoms with Gasteiger partial charge < -0.3 is 9.64 Å². The molecule has 8 heteroatoms. The van der Waals surface area contributed by atoms with Crippen molar-refractivity contribution in [1.82, 2.24) is 9.80 Å². The van der Waals surface area contributed by atoms with Crippen LogP contribution >= 0.6 is 22.6 Å². The number of halogens is 4. The van der Waals surface area contributed by atoms with Gasteiger partial charge >= 0.3 is 6.18 Å². The largest absolute Gasteiger partial charge is 0.490 e. The Morgan fingerprint density at radius 1 is 1.25 bits per heavy atom. The number of nitrogens with zero attached hydrogens (tertiary/aromatic N) is 2. The fourth-order valence-electron chi connectivity index (χ4n) is 2.56. The maximum Gasteiger partial charge on any atom is 0.401 e. The van der Waals surface area contributed by atoms with Crippen LogP contribution in [-0.4, -0.2) is 60.7 Å². The van der Waals surface area contributed by atoms with Crippen molar-refractivity contribution in [2.75, 3.05) is 32.7 Å². The van der Waals surface area contributed by atoms with Gasteiger partial charge in [0.2, 0.25) is 0 Å². The minimum absolute atomic E-state index is 0.0709. The zero-order valence-corrected chi connectivity index (χ0v) is 15.7. The summed E-state index contributed by atoms with van der Waals surface area (Å²) in [5.74, 6) is 0.313. The molecular weight excluding hydrogens is 436 g/mol. The first kappa shape index (κ1) is 19.3. The third kappa shape index (κ3) is 5.51. The predicted octanol–water partition coefficient (Wildman–Crippen LogP) is 3.40. The van der Waals surface area contributed by atoms with Crippen molar-refractivity contribution in [3.05, 3.63) is 27.3 Å². The van der Waals surface area contributed by atoms with Crippen LogP contribution < -0.4 is 4.74 Å². The summed E-state index contributed by atoms with van der Waals surface area (Å²) in [7, 11) is 0. The van der Waals surface area contributed by atoms with E-state index in [0.29, 0.717) is 11.3 Å². The molecule has 134 valence electrons. The summed E-state index contributed by atoms with van der Waals surface area (Å²) in [5.41, 5.74) is 0.452. The Hall–Kier alpha value is -1.03. The predicted molar refractivity (Wildman–Crippen MR) is 93.3 cm³/mol. The summed E-state index contributed by atoms with van der Waals surface area (Å²) < 4.78 is 44.0. The molecule has 4 nitrogen and oxygen atoms in total. The highest BCUT2D eigenvalue weighted by Gasteiger charge is 2.33. The van der Waals surface area contributed by atoms with E-state index in [-0.39, 0.29) is 38.2 Å². The van der Waals surface area contributed by atoms with E-state index in [9.17, 15) is 18.0 Å². The highest BCUT2D eigenvalue weighted by atomic mass is 127. The first-order valence-electron chi connectivity index (χ1n) is 7.70. The normalized spacial score (nSPS) is 16.5. The summed E-state index contributed by atoms with van der Waals surface area (Å²) in [6, 6.07) is 5.33. The number of carbonyl (C=O) groups excluding carboxylic acids is 1. The van der Waals surface area contributed by atoms with Crippen LogP contribution in [0.1, 0.15) is 24.2 Å². The minimum Gasteiger partial charge on any atom is -0.490 e. The van der Waals surface area contributed by atoms with E-state index in [2.05, 4.69) is 22.6 Å². The number of alkyl halides is 3. The molecule has 1 aliphatic heterocycles. The molecule has 1 amide bonds. The molecule has 0 bridgehead atoms. The van der Waals surface area contributed by atoms with Gasteiger partial charge in [0.15, 0.2) is 0 Å². The molecule has 1 aromatic carbocycles. The van der Waals surface area contributed by atoms with Crippen LogP contribution in [0.2, 0.25) is 0 Å². The van der Waals surface area contributed by atoms with Crippen molar-refractivity contribution < 1.29 is 22.7 Å². The lowest BCUT2D eigenvalue weighted by atomic mass is 10.1. The number of ether oxygens (including phenoxy) is 1. The maximum absolute atomic E-state index is 12.7. The van der Waals surface area contributed by atoms with Crippen LogP contribution in [0.25, 0.3) is 0 Å². The Labute approximate surface area is 153 Å². The molecule has 1 fully saturated rings. The smallest absolute Gasteiger partial charge is 0.401 e. The first-order valence-corrected chi connectivity index (χ1v) is 8.78. The topological polar surface area (TPSA) is 32.8 Å². The molecule has 0 unspecified atom stereocenters. The van der Waals surface area contributed by atoms with Gasteiger partial charge in [-0.1, -0.05) is 0 Å². The van der Waals surface area contributed by atoms with Crippen molar-refractivity contribution in [2.24, 2.45) is 0 Å². The summed E-state index contributed by atoms with van der Waals surface area (Å²) in [5, 5.41) is 0. The molecule has 2 rings (SSSR count). The van der Waals surface area contributed by atoms with E-state index in [0.717, 1.165) is 3.57 Å². The molecule has 1 aromatic rings. The van der Waals surface area contributed by atoms with Crippen molar-refractivity contribution in [2.45, 2.75) is 26.1 Å². The Kier molecular flexibility index (Phi) is 6.35. The number of rotatable bonds is 4. The van der Waals surface area contributed by atoms with E-state index < -0.39 is 12.7 Å². The molecule has 0 aliphatic carbocycles. The Morgan fingerprint density at radius 3 is 2.42 bits per heavy atom. The van der Waals surface area contributed by atoms with Gasteiger partial charge in [0.05, 0.1) is 18.2 Å². The third-order valence-corrected chi connectivity index (χ3v) is 4.27. The number of amides is 1. The molecule has 0 atom stereocenters. The average molecular weight is 456 g/mol. The van der Waals surface area contributed by atoms with Gasteiger partial charge in [-0.2, -0.15) is 13.2 Å². The van der Waals surface area contributed by atoms with Crippen LogP contribution in [0.4, 0.5) is 13.2 Å². The van der Waals surface area contributed by atoms with Gasteiger partial charge in [0, 0.05) is 29.7 Å². The molecule has 0 aromatic heterocycles. The van der Waals surface area contributed by atoms with Gasteiger partial charge in [0.25, 0.3) is 5.91 Å². The van der Waals surface area contributed by atoms with E-state index >= 15 is 0 Å². The summed E-state index contributed by atoms with van der Waals surface area (Å²) in [6.45, 7) is 3.82. The third-order valence-electron chi connectivity index (χ3n) is 3.60. The van der Waals surface area contributed by atoms with Gasteiger partial charge in [-0.15, -0.1) is 0 Å². The van der Waals surface area contributed by atoms with Crippen LogP contribution in [0.5, 0.6) is 5.75 Å². The second-order valence-electron chi connectivity index (χ2n) is 5.99. The molecule has 0 N–H and O–H groups in total. The molecule has 0 radical (unpaired) electrons. The SMILES string of the molecule is CC(C)Oc1cc(I)ccc1C(=O)N1CCN(CC(F)(F)F)CC1. The monoisotopic (exact) mass is 456 g/mol. The van der Waals surface area contributed by atoms with Crippen LogP contribution in [0.3, 0.4) is 0 Å². The van der Waals surface area contributed by atoms with Crippen molar-refractivity contribution in [3.63, 3.8) is 0 Å². The van der Waals surface area contributed by atoms with Gasteiger partial charge in [-0.05, 0) is 54.6 Å². The molecule has 1 heterocycles. The number of hydrogen-bond acceptors (Lipinski definition) is 3. The fourth-order valence-corrected chi connectivity index (χ4v) is 3.02. The Bertz CT molecular complexity index is 585. The van der Waals surface area contributed by atoms with Crippen LogP contribution in [0.15, 0.2) is 18.2 Å². The standard InChI is InChI=1S/C16H20F3IN2O2/c1-11(2)24-14-9-12(20)3-4-13(14)15(23)22-7-5-21(6-8-22)10-16(17,18)19/h3-4,9,11H,5-8,10H2,1-2H3. The number of piperazine rings is 1. The summed E-state index contributed by atoms with van der Waals surface area (Å²) >= 11 is 2.14. The molecular formula is C16H20F3IN2O2. The van der Waals surface area contributed by atoms with E-state index in [4.69, 9.17) is 4.74 Å². The quantitative estimate of drug-likeness (QED) is 0.652. The van der Waals surface area contributed by atoms with Gasteiger partial charge in [0.1, 0.15) is 5.75 Å². The minimum atomic E-state index is -4.21. The van der Waals surface area contributed by atoms with E-state index in [1.54, 1.807) is 17.0 Å². The second-order valence-corrected chi connectivity index (χ2v) is 7.24. The Morgan fingerprint density at radius 2 is 1.88 bits per heavy atom. The number of hydrogen-bond donors (Lipinski definition) is 0. The lowest BCUT2D eigenvalue weighted by Gasteiger charge is -2.35. The Balaban J connectivity index is 2.05. The zero-order chi connectivity index (χ0) is 17.9. The lowest BCUT2D eigenvalue weighted by Crippen LogP contribution is -2.51. The lowest BCUT2D eigenvalue weighted by molar-refractivity contribution is -0.148. The first-order chi connectivity index (χ1) is 11.2. The van der Waals surface area contributed by atoms with E-state index in [1.807, 2.05) is 19.9 Å². The number of benzene rings is 1. The summed E-state index contributed by atoms with van der Waals surface area (Å²) in [6.07, 6.45) is -4.28. The summed E-state index contributed by atoms with van der Waals surface area (Å²) in [4.78, 5) is 15.6. The molecule has 0 spiro atoms.